The van der Waals surface area contributed by atoms with E-state index in [0.717, 1.165) is 0 Å². The van der Waals surface area contributed by atoms with E-state index in [1.807, 2.05) is 0 Å². The number of rotatable bonds is 4. The fraction of sp³-hybridized carbons (Fsp3) is 0.154. The number of carbonyl (C=O) groups is 1. The first-order valence-electron chi connectivity index (χ1n) is 5.70. The van der Waals surface area contributed by atoms with E-state index in [4.69, 9.17) is 55.6 Å². The van der Waals surface area contributed by atoms with Gasteiger partial charge in [-0.15, -0.1) is 0 Å². The van der Waals surface area contributed by atoms with E-state index >= 15 is 0 Å². The largest absolute Gasteiger partial charge is 0.464 e. The van der Waals surface area contributed by atoms with Crippen LogP contribution >= 0.6 is 46.4 Å². The molecule has 1 atom stereocenters. The molecule has 0 aliphatic carbocycles. The summed E-state index contributed by atoms with van der Waals surface area (Å²) in [5, 5.41) is 2.75. The van der Waals surface area contributed by atoms with Gasteiger partial charge < -0.3 is 14.5 Å². The summed E-state index contributed by atoms with van der Waals surface area (Å²) in [6.07, 6.45) is 0.105. The van der Waals surface area contributed by atoms with Gasteiger partial charge in [-0.3, -0.25) is 4.79 Å². The molecule has 1 N–H and O–H groups in total. The van der Waals surface area contributed by atoms with Crippen LogP contribution in [0.2, 0.25) is 5.02 Å². The number of para-hydroxylation sites is 1. The Morgan fingerprint density at radius 2 is 1.90 bits per heavy atom. The van der Waals surface area contributed by atoms with Crippen LogP contribution in [0.25, 0.3) is 0 Å². The Bertz CT molecular complexity index is 610. The Labute approximate surface area is 140 Å². The SMILES string of the molecule is O=C(NC(Oc1ccccc1Cl)C(Cl)(Cl)Cl)c1ccco1. The summed E-state index contributed by atoms with van der Waals surface area (Å²) < 4.78 is 8.54. The number of nitrogens with one attached hydrogen (secondary N) is 1. The zero-order valence-electron chi connectivity index (χ0n) is 10.4. The molecular formula is C13H9Cl4NO3. The Kier molecular flexibility index (Phi) is 5.27. The number of carbonyl (C=O) groups excluding carboxylic acids is 1. The van der Waals surface area contributed by atoms with Crippen LogP contribution in [-0.2, 0) is 0 Å². The van der Waals surface area contributed by atoms with Crippen molar-refractivity contribution in [2.45, 2.75) is 10.0 Å². The lowest BCUT2D eigenvalue weighted by Crippen LogP contribution is -2.47. The molecule has 0 saturated heterocycles. The summed E-state index contributed by atoms with van der Waals surface area (Å²) in [5.74, 6) is -0.240. The highest BCUT2D eigenvalue weighted by Crippen LogP contribution is 2.34. The first-order valence-corrected chi connectivity index (χ1v) is 7.21. The van der Waals surface area contributed by atoms with Gasteiger partial charge in [0.2, 0.25) is 10.0 Å². The number of furan rings is 1. The van der Waals surface area contributed by atoms with Crippen LogP contribution < -0.4 is 10.1 Å². The molecule has 1 aromatic carbocycles. The first kappa shape index (κ1) is 16.3. The first-order chi connectivity index (χ1) is 9.88. The molecule has 2 aromatic rings. The van der Waals surface area contributed by atoms with Crippen molar-refractivity contribution in [1.82, 2.24) is 5.32 Å². The number of halogens is 4. The molecule has 4 nitrogen and oxygen atoms in total. The van der Waals surface area contributed by atoms with Gasteiger partial charge in [0.05, 0.1) is 11.3 Å². The lowest BCUT2D eigenvalue weighted by Gasteiger charge is -2.26. The topological polar surface area (TPSA) is 51.5 Å². The van der Waals surface area contributed by atoms with Gasteiger partial charge in [0.25, 0.3) is 5.91 Å². The molecule has 0 fully saturated rings. The second kappa shape index (κ2) is 6.79. The van der Waals surface area contributed by atoms with Crippen molar-refractivity contribution >= 4 is 52.3 Å². The van der Waals surface area contributed by atoms with Crippen LogP contribution in [0, 0.1) is 0 Å². The smallest absolute Gasteiger partial charge is 0.289 e. The van der Waals surface area contributed by atoms with Gasteiger partial charge in [0.15, 0.2) is 5.76 Å². The normalized spacial score (nSPS) is 12.8. The van der Waals surface area contributed by atoms with Crippen molar-refractivity contribution in [3.05, 3.63) is 53.4 Å². The van der Waals surface area contributed by atoms with Gasteiger partial charge >= 0.3 is 0 Å². The summed E-state index contributed by atoms with van der Waals surface area (Å²) in [4.78, 5) is 11.9. The van der Waals surface area contributed by atoms with Gasteiger partial charge in [0, 0.05) is 0 Å². The van der Waals surface area contributed by atoms with E-state index in [2.05, 4.69) is 5.32 Å². The van der Waals surface area contributed by atoms with E-state index in [9.17, 15) is 4.79 Å². The van der Waals surface area contributed by atoms with Crippen LogP contribution in [0.1, 0.15) is 10.6 Å². The highest BCUT2D eigenvalue weighted by atomic mass is 35.6. The van der Waals surface area contributed by atoms with Crippen LogP contribution in [0.4, 0.5) is 0 Å². The van der Waals surface area contributed by atoms with Crippen LogP contribution in [0.3, 0.4) is 0 Å². The van der Waals surface area contributed by atoms with Crippen LogP contribution in [0.15, 0.2) is 47.1 Å². The Hall–Kier alpha value is -1.07. The minimum Gasteiger partial charge on any atom is -0.464 e. The second-order valence-electron chi connectivity index (χ2n) is 3.92. The number of hydrogen-bond donors (Lipinski definition) is 1. The Balaban J connectivity index is 2.16. The average molecular weight is 369 g/mol. The lowest BCUT2D eigenvalue weighted by molar-refractivity contribution is 0.0805. The second-order valence-corrected chi connectivity index (χ2v) is 6.70. The van der Waals surface area contributed by atoms with Gasteiger partial charge in [-0.25, -0.2) is 0 Å². The number of alkyl halides is 3. The third-order valence-corrected chi connectivity index (χ3v) is 3.29. The zero-order valence-corrected chi connectivity index (χ0v) is 13.4. The number of ether oxygens (including phenoxy) is 1. The average Bonchev–Trinajstić information content (AvgIpc) is 2.93. The minimum atomic E-state index is -1.90. The molecule has 0 bridgehead atoms. The number of benzene rings is 1. The molecule has 112 valence electrons. The quantitative estimate of drug-likeness (QED) is 0.641. The van der Waals surface area contributed by atoms with E-state index < -0.39 is 15.9 Å². The van der Waals surface area contributed by atoms with Gasteiger partial charge in [0.1, 0.15) is 5.75 Å². The molecule has 1 unspecified atom stereocenters. The van der Waals surface area contributed by atoms with Crippen LogP contribution in [0.5, 0.6) is 5.75 Å². The number of amides is 1. The third-order valence-electron chi connectivity index (χ3n) is 2.39. The predicted octanol–water partition coefficient (Wildman–Crippen LogP) is 4.44. The van der Waals surface area contributed by atoms with E-state index in [1.54, 1.807) is 30.3 Å². The van der Waals surface area contributed by atoms with Gasteiger partial charge in [-0.05, 0) is 24.3 Å². The van der Waals surface area contributed by atoms with Crippen LogP contribution in [-0.4, -0.2) is 15.9 Å². The Morgan fingerprint density at radius 3 is 2.48 bits per heavy atom. The molecule has 0 saturated carbocycles. The molecule has 0 spiro atoms. The minimum absolute atomic E-state index is 0.0667. The van der Waals surface area contributed by atoms with E-state index in [1.165, 1.54) is 12.3 Å². The predicted molar refractivity (Wildman–Crippen MR) is 82.3 cm³/mol. The maximum atomic E-state index is 11.9. The number of hydrogen-bond acceptors (Lipinski definition) is 3. The van der Waals surface area contributed by atoms with Crippen molar-refractivity contribution in [2.75, 3.05) is 0 Å². The van der Waals surface area contributed by atoms with E-state index in [-0.39, 0.29) is 11.5 Å². The summed E-state index contributed by atoms with van der Waals surface area (Å²) in [5.41, 5.74) is 0. The molecule has 21 heavy (non-hydrogen) atoms. The van der Waals surface area contributed by atoms with Gasteiger partial charge in [-0.1, -0.05) is 58.5 Å². The van der Waals surface area contributed by atoms with E-state index in [0.29, 0.717) is 5.02 Å². The molecule has 1 amide bonds. The maximum Gasteiger partial charge on any atom is 0.289 e. The van der Waals surface area contributed by atoms with Crippen molar-refractivity contribution in [3.63, 3.8) is 0 Å². The zero-order chi connectivity index (χ0) is 15.5. The highest BCUT2D eigenvalue weighted by Gasteiger charge is 2.37. The molecule has 0 radical (unpaired) electrons. The molecule has 0 aliphatic rings. The van der Waals surface area contributed by atoms with Crippen molar-refractivity contribution in [1.29, 1.82) is 0 Å². The third kappa shape index (κ3) is 4.45. The summed E-state index contributed by atoms with van der Waals surface area (Å²) >= 11 is 23.4. The Morgan fingerprint density at radius 1 is 1.19 bits per heavy atom. The fourth-order valence-corrected chi connectivity index (χ4v) is 1.92. The molecule has 8 heteroatoms. The molecule has 2 rings (SSSR count). The van der Waals surface area contributed by atoms with Crippen molar-refractivity contribution < 1.29 is 13.9 Å². The standard InChI is InChI=1S/C13H9Cl4NO3/c14-8-4-1-2-5-9(8)21-12(13(15,16)17)18-11(19)10-6-3-7-20-10/h1-7,12H,(H,18,19). The lowest BCUT2D eigenvalue weighted by atomic mass is 10.3. The summed E-state index contributed by atoms with van der Waals surface area (Å²) in [7, 11) is 0. The van der Waals surface area contributed by atoms with Gasteiger partial charge in [-0.2, -0.15) is 0 Å². The molecule has 1 aromatic heterocycles. The monoisotopic (exact) mass is 367 g/mol. The summed E-state index contributed by atoms with van der Waals surface area (Å²) in [6, 6.07) is 9.66. The molecular weight excluding hydrogens is 360 g/mol. The summed E-state index contributed by atoms with van der Waals surface area (Å²) in [6.45, 7) is 0. The maximum absolute atomic E-state index is 11.9. The van der Waals surface area contributed by atoms with Crippen molar-refractivity contribution in [2.24, 2.45) is 0 Å². The molecule has 1 heterocycles. The van der Waals surface area contributed by atoms with Crippen molar-refractivity contribution in [3.8, 4) is 5.75 Å². The highest BCUT2D eigenvalue weighted by molar-refractivity contribution is 6.68. The fourth-order valence-electron chi connectivity index (χ4n) is 1.44. The molecule has 0 aliphatic heterocycles.